The van der Waals surface area contributed by atoms with Gasteiger partial charge in [-0.15, -0.1) is 0 Å². The zero-order valence-corrected chi connectivity index (χ0v) is 10.2. The van der Waals surface area contributed by atoms with E-state index in [1.807, 2.05) is 12.1 Å². The lowest BCUT2D eigenvalue weighted by Gasteiger charge is -2.10. The quantitative estimate of drug-likeness (QED) is 0.743. The first kappa shape index (κ1) is 12.3. The molecule has 1 amide bonds. The third kappa shape index (κ3) is 2.73. The monoisotopic (exact) mass is 261 g/mol. The first-order chi connectivity index (χ1) is 8.56. The van der Waals surface area contributed by atoms with Crippen LogP contribution in [0.15, 0.2) is 42.5 Å². The second kappa shape index (κ2) is 4.98. The number of carbonyl (C=O) groups is 1. The molecule has 0 aliphatic rings. The molecule has 0 saturated carbocycles. The Morgan fingerprint density at radius 3 is 2.39 bits per heavy atom. The third-order valence-electron chi connectivity index (χ3n) is 2.46. The van der Waals surface area contributed by atoms with E-state index in [2.05, 4.69) is 5.32 Å². The van der Waals surface area contributed by atoms with Gasteiger partial charge in [0.1, 0.15) is 0 Å². The molecule has 0 unspecified atom stereocenters. The minimum absolute atomic E-state index is 0.403. The molecule has 0 spiro atoms. The number of nitrogen functional groups attached to an aromatic ring is 1. The summed E-state index contributed by atoms with van der Waals surface area (Å²) in [5, 5.41) is 3.76. The number of hydrogen-bond acceptors (Lipinski definition) is 3. The van der Waals surface area contributed by atoms with E-state index in [-0.39, 0.29) is 0 Å². The van der Waals surface area contributed by atoms with E-state index in [1.54, 1.807) is 30.3 Å². The molecule has 4 nitrogen and oxygen atoms in total. The highest BCUT2D eigenvalue weighted by Crippen LogP contribution is 2.25. The van der Waals surface area contributed by atoms with Crippen molar-refractivity contribution >= 4 is 34.6 Å². The van der Waals surface area contributed by atoms with Crippen molar-refractivity contribution in [1.82, 2.24) is 0 Å². The van der Waals surface area contributed by atoms with E-state index in [1.165, 1.54) is 0 Å². The molecule has 92 valence electrons. The summed E-state index contributed by atoms with van der Waals surface area (Å²) in [5.74, 6) is -0.492. The van der Waals surface area contributed by atoms with Crippen molar-refractivity contribution in [3.63, 3.8) is 0 Å². The predicted octanol–water partition coefficient (Wildman–Crippen LogP) is 2.76. The van der Waals surface area contributed by atoms with E-state index in [9.17, 15) is 4.79 Å². The Morgan fingerprint density at radius 2 is 1.78 bits per heavy atom. The molecule has 2 rings (SSSR count). The topological polar surface area (TPSA) is 81.1 Å². The predicted molar refractivity (Wildman–Crippen MR) is 74.1 cm³/mol. The Bertz CT molecular complexity index is 581. The molecular weight excluding hydrogens is 250 g/mol. The maximum Gasteiger partial charge on any atom is 0.248 e. The lowest BCUT2D eigenvalue weighted by molar-refractivity contribution is 0.100. The molecule has 0 heterocycles. The zero-order chi connectivity index (χ0) is 13.1. The van der Waals surface area contributed by atoms with Crippen molar-refractivity contribution in [2.75, 3.05) is 11.1 Å². The highest BCUT2D eigenvalue weighted by molar-refractivity contribution is 6.30. The van der Waals surface area contributed by atoms with E-state index in [0.717, 1.165) is 5.69 Å². The number of rotatable bonds is 3. The lowest BCUT2D eigenvalue weighted by Crippen LogP contribution is -2.11. The molecular formula is C13H12ClN3O. The van der Waals surface area contributed by atoms with E-state index in [4.69, 9.17) is 23.1 Å². The number of anilines is 3. The van der Waals surface area contributed by atoms with Gasteiger partial charge in [0.15, 0.2) is 0 Å². The van der Waals surface area contributed by atoms with Gasteiger partial charge in [0.2, 0.25) is 5.91 Å². The average molecular weight is 262 g/mol. The van der Waals surface area contributed by atoms with Crippen LogP contribution in [0.25, 0.3) is 0 Å². The normalized spacial score (nSPS) is 10.1. The highest BCUT2D eigenvalue weighted by Gasteiger charge is 2.05. The fourth-order valence-corrected chi connectivity index (χ4v) is 1.63. The van der Waals surface area contributed by atoms with Crippen molar-refractivity contribution in [3.05, 3.63) is 53.1 Å². The summed E-state index contributed by atoms with van der Waals surface area (Å²) in [6.07, 6.45) is 0. The highest BCUT2D eigenvalue weighted by atomic mass is 35.5. The molecule has 2 aromatic rings. The van der Waals surface area contributed by atoms with Gasteiger partial charge in [-0.25, -0.2) is 0 Å². The summed E-state index contributed by atoms with van der Waals surface area (Å²) in [4.78, 5) is 11.1. The first-order valence-electron chi connectivity index (χ1n) is 5.28. The molecule has 0 aliphatic carbocycles. The van der Waals surface area contributed by atoms with Gasteiger partial charge in [0.25, 0.3) is 0 Å². The van der Waals surface area contributed by atoms with Crippen LogP contribution in [0.3, 0.4) is 0 Å². The summed E-state index contributed by atoms with van der Waals surface area (Å²) in [6, 6.07) is 12.0. The van der Waals surface area contributed by atoms with Crippen molar-refractivity contribution in [3.8, 4) is 0 Å². The van der Waals surface area contributed by atoms with Crippen molar-refractivity contribution < 1.29 is 4.79 Å². The Hall–Kier alpha value is -2.20. The number of amides is 1. The number of hydrogen-bond donors (Lipinski definition) is 3. The Kier molecular flexibility index (Phi) is 3.39. The summed E-state index contributed by atoms with van der Waals surface area (Å²) in [6.45, 7) is 0. The molecule has 0 aliphatic heterocycles. The van der Waals surface area contributed by atoms with Gasteiger partial charge in [0, 0.05) is 16.3 Å². The Balaban J connectivity index is 2.30. The SMILES string of the molecule is NC(=O)c1ccc(N)c(Nc2ccc(Cl)cc2)c1. The number of carbonyl (C=O) groups excluding carboxylic acids is 1. The number of halogens is 1. The summed E-state index contributed by atoms with van der Waals surface area (Å²) >= 11 is 5.80. The Morgan fingerprint density at radius 1 is 1.11 bits per heavy atom. The van der Waals surface area contributed by atoms with Crippen LogP contribution < -0.4 is 16.8 Å². The fourth-order valence-electron chi connectivity index (χ4n) is 1.51. The minimum Gasteiger partial charge on any atom is -0.397 e. The largest absolute Gasteiger partial charge is 0.397 e. The van der Waals surface area contributed by atoms with Crippen molar-refractivity contribution in [2.45, 2.75) is 0 Å². The van der Waals surface area contributed by atoms with Crippen LogP contribution in [0, 0.1) is 0 Å². The standard InChI is InChI=1S/C13H12ClN3O/c14-9-2-4-10(5-3-9)17-12-7-8(13(16)18)1-6-11(12)15/h1-7,17H,15H2,(H2,16,18). The zero-order valence-electron chi connectivity index (χ0n) is 9.48. The van der Waals surface area contributed by atoms with Crippen LogP contribution in [0.4, 0.5) is 17.1 Å². The maximum absolute atomic E-state index is 11.1. The van der Waals surface area contributed by atoms with E-state index in [0.29, 0.717) is 22.0 Å². The van der Waals surface area contributed by atoms with Crippen LogP contribution >= 0.6 is 11.6 Å². The van der Waals surface area contributed by atoms with Gasteiger partial charge in [-0.1, -0.05) is 11.6 Å². The Labute approximate surface area is 110 Å². The third-order valence-corrected chi connectivity index (χ3v) is 2.71. The molecule has 5 heteroatoms. The van der Waals surface area contributed by atoms with Gasteiger partial charge in [-0.2, -0.15) is 0 Å². The summed E-state index contributed by atoms with van der Waals surface area (Å²) in [5.41, 5.74) is 13.4. The smallest absolute Gasteiger partial charge is 0.248 e. The van der Waals surface area contributed by atoms with Crippen molar-refractivity contribution in [1.29, 1.82) is 0 Å². The second-order valence-corrected chi connectivity index (χ2v) is 4.23. The molecule has 2 aromatic carbocycles. The number of nitrogens with two attached hydrogens (primary N) is 2. The van der Waals surface area contributed by atoms with Crippen LogP contribution in [0.1, 0.15) is 10.4 Å². The molecule has 0 radical (unpaired) electrons. The molecule has 0 saturated heterocycles. The average Bonchev–Trinajstić information content (AvgIpc) is 2.34. The number of nitrogens with one attached hydrogen (secondary N) is 1. The molecule has 0 atom stereocenters. The second-order valence-electron chi connectivity index (χ2n) is 3.80. The van der Waals surface area contributed by atoms with Crippen LogP contribution in [-0.2, 0) is 0 Å². The van der Waals surface area contributed by atoms with Gasteiger partial charge < -0.3 is 16.8 Å². The van der Waals surface area contributed by atoms with Crippen LogP contribution in [0.5, 0.6) is 0 Å². The lowest BCUT2D eigenvalue weighted by atomic mass is 10.1. The van der Waals surface area contributed by atoms with Gasteiger partial charge in [-0.05, 0) is 42.5 Å². The molecule has 0 bridgehead atoms. The van der Waals surface area contributed by atoms with Crippen molar-refractivity contribution in [2.24, 2.45) is 5.73 Å². The fraction of sp³-hybridized carbons (Fsp3) is 0. The molecule has 18 heavy (non-hydrogen) atoms. The molecule has 0 aromatic heterocycles. The number of primary amides is 1. The van der Waals surface area contributed by atoms with Crippen LogP contribution in [0.2, 0.25) is 5.02 Å². The maximum atomic E-state index is 11.1. The molecule has 0 fully saturated rings. The number of benzene rings is 2. The van der Waals surface area contributed by atoms with Gasteiger partial charge in [0.05, 0.1) is 11.4 Å². The van der Waals surface area contributed by atoms with Gasteiger partial charge >= 0.3 is 0 Å². The summed E-state index contributed by atoms with van der Waals surface area (Å²) in [7, 11) is 0. The van der Waals surface area contributed by atoms with E-state index >= 15 is 0 Å². The molecule has 5 N–H and O–H groups in total. The van der Waals surface area contributed by atoms with E-state index < -0.39 is 5.91 Å². The van der Waals surface area contributed by atoms with Gasteiger partial charge in [-0.3, -0.25) is 4.79 Å². The van der Waals surface area contributed by atoms with Crippen LogP contribution in [-0.4, -0.2) is 5.91 Å². The summed E-state index contributed by atoms with van der Waals surface area (Å²) < 4.78 is 0. The minimum atomic E-state index is -0.492. The first-order valence-corrected chi connectivity index (χ1v) is 5.66.